The van der Waals surface area contributed by atoms with Gasteiger partial charge in [-0.1, -0.05) is 54.6 Å². The number of fused-ring (bicyclic) bond motifs is 1. The predicted molar refractivity (Wildman–Crippen MR) is 130 cm³/mol. The summed E-state index contributed by atoms with van der Waals surface area (Å²) >= 11 is 0. The number of benzene rings is 3. The first-order valence-electron chi connectivity index (χ1n) is 11.2. The lowest BCUT2D eigenvalue weighted by atomic mass is 9.70. The maximum Gasteiger partial charge on any atom is 0.123 e. The van der Waals surface area contributed by atoms with Crippen LogP contribution in [-0.4, -0.2) is 44.2 Å². The first-order chi connectivity index (χ1) is 15.2. The Labute approximate surface area is 196 Å². The first-order valence-corrected chi connectivity index (χ1v) is 11.2. The minimum Gasteiger partial charge on any atom is -0.375 e. The quantitative estimate of drug-likeness (QED) is 0.524. The van der Waals surface area contributed by atoms with Crippen molar-refractivity contribution in [3.63, 3.8) is 0 Å². The smallest absolute Gasteiger partial charge is 0.123 e. The maximum atomic E-state index is 13.2. The fourth-order valence-electron chi connectivity index (χ4n) is 5.10. The Morgan fingerprint density at radius 2 is 1.50 bits per heavy atom. The largest absolute Gasteiger partial charge is 0.375 e. The second-order valence-corrected chi connectivity index (χ2v) is 8.65. The lowest BCUT2D eigenvalue weighted by molar-refractivity contribution is 0.0572. The van der Waals surface area contributed by atoms with Gasteiger partial charge in [0.25, 0.3) is 0 Å². The maximum absolute atomic E-state index is 13.2. The molecule has 0 spiro atoms. The zero-order valence-corrected chi connectivity index (χ0v) is 19.1. The Kier molecular flexibility index (Phi) is 7.14. The molecule has 2 aliphatic heterocycles. The van der Waals surface area contributed by atoms with Gasteiger partial charge in [-0.2, -0.15) is 0 Å². The number of anilines is 1. The van der Waals surface area contributed by atoms with Crippen LogP contribution in [0.1, 0.15) is 23.1 Å². The van der Waals surface area contributed by atoms with Gasteiger partial charge in [-0.05, 0) is 53.9 Å². The topological polar surface area (TPSA) is 15.7 Å². The number of halogens is 2. The zero-order valence-electron chi connectivity index (χ0n) is 18.3. The molecule has 3 aromatic rings. The molecule has 5 rings (SSSR count). The van der Waals surface area contributed by atoms with E-state index in [-0.39, 0.29) is 23.6 Å². The van der Waals surface area contributed by atoms with E-state index in [4.69, 9.17) is 4.74 Å². The molecule has 3 nitrogen and oxygen atoms in total. The molecule has 1 unspecified atom stereocenters. The molecule has 0 bridgehead atoms. The van der Waals surface area contributed by atoms with E-state index < -0.39 is 0 Å². The summed E-state index contributed by atoms with van der Waals surface area (Å²) in [5.74, 6) is -0.177. The van der Waals surface area contributed by atoms with Crippen LogP contribution in [0, 0.1) is 5.82 Å². The minimum absolute atomic E-state index is 0. The number of piperazine rings is 1. The van der Waals surface area contributed by atoms with Gasteiger partial charge in [0.2, 0.25) is 0 Å². The van der Waals surface area contributed by atoms with Crippen LogP contribution in [0.4, 0.5) is 10.1 Å². The van der Waals surface area contributed by atoms with Crippen LogP contribution in [0.2, 0.25) is 0 Å². The summed E-state index contributed by atoms with van der Waals surface area (Å²) < 4.78 is 19.4. The highest BCUT2D eigenvalue weighted by atomic mass is 35.5. The van der Waals surface area contributed by atoms with Crippen molar-refractivity contribution in [2.24, 2.45) is 0 Å². The fourth-order valence-corrected chi connectivity index (χ4v) is 5.10. The highest BCUT2D eigenvalue weighted by molar-refractivity contribution is 5.85. The van der Waals surface area contributed by atoms with Crippen molar-refractivity contribution in [1.82, 2.24) is 4.90 Å². The van der Waals surface area contributed by atoms with Crippen molar-refractivity contribution >= 4 is 18.1 Å². The normalized spacial score (nSPS) is 21.0. The molecule has 0 N–H and O–H groups in total. The summed E-state index contributed by atoms with van der Waals surface area (Å²) in [4.78, 5) is 4.91. The van der Waals surface area contributed by atoms with Crippen molar-refractivity contribution < 1.29 is 9.13 Å². The SMILES string of the molecule is Cl.Fc1ccc(N2CCN(CCC3(c4ccccc4)COCc4ccccc43)CC2)cc1. The third-order valence-corrected chi connectivity index (χ3v) is 6.88. The van der Waals surface area contributed by atoms with Gasteiger partial charge < -0.3 is 9.64 Å². The Balaban J connectivity index is 0.00000245. The van der Waals surface area contributed by atoms with Gasteiger partial charge in [-0.15, -0.1) is 12.4 Å². The lowest BCUT2D eigenvalue weighted by Crippen LogP contribution is -2.48. The average molecular weight is 453 g/mol. The standard InChI is InChI=1S/C27H29FN2O.ClH/c28-24-10-12-25(13-11-24)30-18-16-29(17-19-30)15-14-27(23-7-2-1-3-8-23)21-31-20-22-6-4-5-9-26(22)27;/h1-13H,14-21H2;1H. The van der Waals surface area contributed by atoms with Gasteiger partial charge in [-0.25, -0.2) is 4.39 Å². The predicted octanol–water partition coefficient (Wildman–Crippen LogP) is 5.28. The third-order valence-electron chi connectivity index (χ3n) is 6.88. The van der Waals surface area contributed by atoms with E-state index in [0.717, 1.165) is 51.4 Å². The summed E-state index contributed by atoms with van der Waals surface area (Å²) in [5.41, 5.74) is 5.06. The molecule has 5 heteroatoms. The van der Waals surface area contributed by atoms with Gasteiger partial charge in [0, 0.05) is 37.3 Å². The highest BCUT2D eigenvalue weighted by Crippen LogP contribution is 2.41. The number of hydrogen-bond acceptors (Lipinski definition) is 3. The average Bonchev–Trinajstić information content (AvgIpc) is 2.84. The van der Waals surface area contributed by atoms with Crippen molar-refractivity contribution in [1.29, 1.82) is 0 Å². The summed E-state index contributed by atoms with van der Waals surface area (Å²) in [6, 6.07) is 26.5. The van der Waals surface area contributed by atoms with Crippen LogP contribution in [0.3, 0.4) is 0 Å². The number of rotatable bonds is 5. The van der Waals surface area contributed by atoms with Gasteiger partial charge in [-0.3, -0.25) is 4.90 Å². The van der Waals surface area contributed by atoms with Crippen LogP contribution in [0.15, 0.2) is 78.9 Å². The van der Waals surface area contributed by atoms with Crippen molar-refractivity contribution in [3.05, 3.63) is 101 Å². The molecular weight excluding hydrogens is 423 g/mol. The Morgan fingerprint density at radius 1 is 0.812 bits per heavy atom. The lowest BCUT2D eigenvalue weighted by Gasteiger charge is -2.42. The van der Waals surface area contributed by atoms with Crippen LogP contribution in [-0.2, 0) is 16.8 Å². The highest BCUT2D eigenvalue weighted by Gasteiger charge is 2.39. The number of nitrogens with zero attached hydrogens (tertiary/aromatic N) is 2. The van der Waals surface area contributed by atoms with E-state index in [0.29, 0.717) is 6.61 Å². The molecule has 32 heavy (non-hydrogen) atoms. The first kappa shape index (κ1) is 22.8. The summed E-state index contributed by atoms with van der Waals surface area (Å²) in [6.07, 6.45) is 1.03. The fraction of sp³-hybridized carbons (Fsp3) is 0.333. The molecule has 168 valence electrons. The molecule has 0 aliphatic carbocycles. The van der Waals surface area contributed by atoms with Gasteiger partial charge in [0.05, 0.1) is 13.2 Å². The van der Waals surface area contributed by atoms with Crippen molar-refractivity contribution in [2.75, 3.05) is 44.2 Å². The van der Waals surface area contributed by atoms with Crippen LogP contribution < -0.4 is 4.90 Å². The molecule has 0 amide bonds. The summed E-state index contributed by atoms with van der Waals surface area (Å²) in [7, 11) is 0. The molecule has 0 radical (unpaired) electrons. The van der Waals surface area contributed by atoms with Crippen molar-refractivity contribution in [3.8, 4) is 0 Å². The molecule has 1 atom stereocenters. The van der Waals surface area contributed by atoms with E-state index in [2.05, 4.69) is 64.4 Å². The molecule has 3 aromatic carbocycles. The second-order valence-electron chi connectivity index (χ2n) is 8.65. The van der Waals surface area contributed by atoms with Crippen LogP contribution in [0.5, 0.6) is 0 Å². The molecule has 0 aromatic heterocycles. The molecular formula is C27H30ClFN2O. The number of ether oxygens (including phenoxy) is 1. The van der Waals surface area contributed by atoms with Gasteiger partial charge in [0.15, 0.2) is 0 Å². The van der Waals surface area contributed by atoms with E-state index in [1.807, 2.05) is 12.1 Å². The van der Waals surface area contributed by atoms with E-state index in [1.165, 1.54) is 16.7 Å². The number of hydrogen-bond donors (Lipinski definition) is 0. The third kappa shape index (κ3) is 4.54. The monoisotopic (exact) mass is 452 g/mol. The second kappa shape index (κ2) is 10.0. The van der Waals surface area contributed by atoms with Gasteiger partial charge >= 0.3 is 0 Å². The Bertz CT molecular complexity index is 1010. The van der Waals surface area contributed by atoms with Crippen LogP contribution >= 0.6 is 12.4 Å². The van der Waals surface area contributed by atoms with Crippen LogP contribution in [0.25, 0.3) is 0 Å². The molecule has 0 saturated carbocycles. The van der Waals surface area contributed by atoms with E-state index in [1.54, 1.807) is 12.1 Å². The Morgan fingerprint density at radius 3 is 2.25 bits per heavy atom. The summed E-state index contributed by atoms with van der Waals surface area (Å²) in [5, 5.41) is 0. The van der Waals surface area contributed by atoms with E-state index in [9.17, 15) is 4.39 Å². The zero-order chi connectivity index (χ0) is 21.1. The van der Waals surface area contributed by atoms with E-state index >= 15 is 0 Å². The minimum atomic E-state index is -0.177. The van der Waals surface area contributed by atoms with Crippen molar-refractivity contribution in [2.45, 2.75) is 18.4 Å². The Hall–Kier alpha value is -2.40. The molecule has 2 aliphatic rings. The molecule has 1 saturated heterocycles. The molecule has 2 heterocycles. The summed E-state index contributed by atoms with van der Waals surface area (Å²) in [6.45, 7) is 6.43. The van der Waals surface area contributed by atoms with Gasteiger partial charge in [0.1, 0.15) is 5.82 Å². The molecule has 1 fully saturated rings.